The molecule has 0 atom stereocenters. The summed E-state index contributed by atoms with van der Waals surface area (Å²) in [5, 5.41) is 9.04. The number of nitrogens with zero attached hydrogens (tertiary/aromatic N) is 1. The molecule has 0 amide bonds. The molecule has 1 saturated carbocycles. The Kier molecular flexibility index (Phi) is 5.51. The molecule has 0 bridgehead atoms. The molecule has 0 aromatic heterocycles. The second-order valence-electron chi connectivity index (χ2n) is 5.56. The number of aliphatic carboxylic acids is 1. The van der Waals surface area contributed by atoms with Crippen LogP contribution in [-0.2, 0) is 9.59 Å². The van der Waals surface area contributed by atoms with E-state index in [1.165, 1.54) is 6.42 Å². The van der Waals surface area contributed by atoms with Crippen molar-refractivity contribution in [3.63, 3.8) is 0 Å². The number of Topliss-reactive ketones (excluding diaryl/α,β-unsaturated/α-hetero) is 1. The third-order valence-electron chi connectivity index (χ3n) is 3.63. The van der Waals surface area contributed by atoms with Crippen molar-refractivity contribution < 1.29 is 14.7 Å². The molecule has 4 heteroatoms. The third kappa shape index (κ3) is 4.98. The Hall–Kier alpha value is -1.19. The monoisotopic (exact) mass is 253 g/mol. The molecule has 1 fully saturated rings. The Morgan fingerprint density at radius 2 is 1.78 bits per heavy atom. The molecule has 0 spiro atoms. The van der Waals surface area contributed by atoms with Crippen LogP contribution in [0.15, 0.2) is 4.99 Å². The van der Waals surface area contributed by atoms with E-state index in [0.717, 1.165) is 31.4 Å². The van der Waals surface area contributed by atoms with Gasteiger partial charge in [-0.25, -0.2) is 0 Å². The molecule has 0 radical (unpaired) electrons. The Bertz CT molecular complexity index is 341. The van der Waals surface area contributed by atoms with E-state index in [9.17, 15) is 9.59 Å². The van der Waals surface area contributed by atoms with E-state index in [-0.39, 0.29) is 17.6 Å². The van der Waals surface area contributed by atoms with Crippen molar-refractivity contribution in [1.82, 2.24) is 0 Å². The van der Waals surface area contributed by atoms with Gasteiger partial charge in [0, 0.05) is 24.1 Å². The maximum absolute atomic E-state index is 11.0. The third-order valence-corrected chi connectivity index (χ3v) is 3.63. The van der Waals surface area contributed by atoms with Gasteiger partial charge in [0.15, 0.2) is 0 Å². The van der Waals surface area contributed by atoms with Gasteiger partial charge in [-0.15, -0.1) is 0 Å². The van der Waals surface area contributed by atoms with Gasteiger partial charge in [-0.05, 0) is 26.7 Å². The van der Waals surface area contributed by atoms with Crippen molar-refractivity contribution >= 4 is 17.5 Å². The van der Waals surface area contributed by atoms with E-state index in [1.54, 1.807) is 6.92 Å². The molecular weight excluding hydrogens is 230 g/mol. The van der Waals surface area contributed by atoms with Crippen LogP contribution in [0.25, 0.3) is 0 Å². The number of carboxylic acid groups (broad SMARTS) is 1. The fraction of sp³-hybridized carbons (Fsp3) is 0.786. The Labute approximate surface area is 108 Å². The fourth-order valence-electron chi connectivity index (χ4n) is 2.73. The van der Waals surface area contributed by atoms with E-state index in [2.05, 4.69) is 4.99 Å². The zero-order valence-corrected chi connectivity index (χ0v) is 11.4. The minimum absolute atomic E-state index is 0.104. The molecule has 0 unspecified atom stereocenters. The number of aliphatic imine (C=N–C) groups is 1. The molecule has 4 nitrogen and oxygen atoms in total. The van der Waals surface area contributed by atoms with Crippen molar-refractivity contribution in [2.24, 2.45) is 10.4 Å². The fourth-order valence-corrected chi connectivity index (χ4v) is 2.73. The number of ketones is 1. The number of hydrogen-bond donors (Lipinski definition) is 1. The average Bonchev–Trinajstić information content (AvgIpc) is 2.26. The lowest BCUT2D eigenvalue weighted by Gasteiger charge is -2.34. The average molecular weight is 253 g/mol. The first-order valence-corrected chi connectivity index (χ1v) is 6.65. The Morgan fingerprint density at radius 1 is 1.17 bits per heavy atom. The van der Waals surface area contributed by atoms with Crippen molar-refractivity contribution in [2.75, 3.05) is 6.54 Å². The van der Waals surface area contributed by atoms with Crippen LogP contribution in [0.3, 0.4) is 0 Å². The molecule has 0 heterocycles. The van der Waals surface area contributed by atoms with Crippen molar-refractivity contribution in [2.45, 2.75) is 58.8 Å². The quantitative estimate of drug-likeness (QED) is 0.740. The molecule has 1 aliphatic rings. The first kappa shape index (κ1) is 14.9. The summed E-state index contributed by atoms with van der Waals surface area (Å²) in [7, 11) is 0. The van der Waals surface area contributed by atoms with Gasteiger partial charge < -0.3 is 5.11 Å². The predicted octanol–water partition coefficient (Wildman–Crippen LogP) is 2.85. The Morgan fingerprint density at radius 3 is 2.28 bits per heavy atom. The van der Waals surface area contributed by atoms with Crippen LogP contribution in [0.2, 0.25) is 0 Å². The zero-order chi connectivity index (χ0) is 13.6. The van der Waals surface area contributed by atoms with Gasteiger partial charge in [0.2, 0.25) is 0 Å². The molecule has 0 aromatic carbocycles. The van der Waals surface area contributed by atoms with Crippen molar-refractivity contribution in [1.29, 1.82) is 0 Å². The lowest BCUT2D eigenvalue weighted by atomic mass is 9.72. The minimum atomic E-state index is -0.740. The summed E-state index contributed by atoms with van der Waals surface area (Å²) in [6.07, 6.45) is 5.83. The van der Waals surface area contributed by atoms with Gasteiger partial charge in [0.25, 0.3) is 0 Å². The van der Waals surface area contributed by atoms with Gasteiger partial charge in [0.05, 0.1) is 6.42 Å². The first-order valence-electron chi connectivity index (χ1n) is 6.65. The summed E-state index contributed by atoms with van der Waals surface area (Å²) in [5.74, 6) is -0.636. The number of carbonyl (C=O) groups is 2. The van der Waals surface area contributed by atoms with Crippen molar-refractivity contribution in [3.8, 4) is 0 Å². The lowest BCUT2D eigenvalue weighted by molar-refractivity contribution is -0.140. The zero-order valence-electron chi connectivity index (χ0n) is 11.4. The second kappa shape index (κ2) is 6.66. The lowest BCUT2D eigenvalue weighted by Crippen LogP contribution is -2.30. The van der Waals surface area contributed by atoms with Crippen LogP contribution < -0.4 is 0 Å². The van der Waals surface area contributed by atoms with Crippen LogP contribution in [0.1, 0.15) is 58.8 Å². The highest BCUT2D eigenvalue weighted by Gasteiger charge is 2.34. The largest absolute Gasteiger partial charge is 0.481 e. The maximum atomic E-state index is 11.0. The molecule has 1 N–H and O–H groups in total. The highest BCUT2D eigenvalue weighted by molar-refractivity contribution is 5.99. The maximum Gasteiger partial charge on any atom is 0.303 e. The van der Waals surface area contributed by atoms with Crippen LogP contribution >= 0.6 is 0 Å². The van der Waals surface area contributed by atoms with Gasteiger partial charge in [0.1, 0.15) is 5.78 Å². The molecule has 0 aliphatic heterocycles. The molecule has 0 aromatic rings. The molecule has 0 saturated heterocycles. The summed E-state index contributed by atoms with van der Waals surface area (Å²) >= 11 is 0. The first-order chi connectivity index (χ1) is 8.43. The van der Waals surface area contributed by atoms with E-state index < -0.39 is 5.97 Å². The molecule has 102 valence electrons. The van der Waals surface area contributed by atoms with E-state index in [0.29, 0.717) is 13.0 Å². The topological polar surface area (TPSA) is 66.7 Å². The summed E-state index contributed by atoms with van der Waals surface area (Å²) < 4.78 is 0. The van der Waals surface area contributed by atoms with E-state index in [4.69, 9.17) is 5.11 Å². The number of carboxylic acids is 1. The van der Waals surface area contributed by atoms with E-state index >= 15 is 0 Å². The van der Waals surface area contributed by atoms with Gasteiger partial charge >= 0.3 is 5.97 Å². The van der Waals surface area contributed by atoms with Crippen LogP contribution in [-0.4, -0.2) is 29.1 Å². The minimum Gasteiger partial charge on any atom is -0.481 e. The Balaban J connectivity index is 2.66. The van der Waals surface area contributed by atoms with Gasteiger partial charge in [-0.3, -0.25) is 14.6 Å². The molecule has 18 heavy (non-hydrogen) atoms. The highest BCUT2D eigenvalue weighted by Crippen LogP contribution is 2.39. The summed E-state index contributed by atoms with van der Waals surface area (Å²) in [6, 6.07) is 0. The highest BCUT2D eigenvalue weighted by atomic mass is 16.4. The summed E-state index contributed by atoms with van der Waals surface area (Å²) in [5.41, 5.74) is 0.639. The van der Waals surface area contributed by atoms with Gasteiger partial charge in [-0.2, -0.15) is 0 Å². The van der Waals surface area contributed by atoms with Crippen molar-refractivity contribution in [3.05, 3.63) is 0 Å². The molecule has 1 aliphatic carbocycles. The summed E-state index contributed by atoms with van der Waals surface area (Å²) in [4.78, 5) is 26.4. The number of rotatable bonds is 6. The molecular formula is C14H23NO3. The smallest absolute Gasteiger partial charge is 0.303 e. The van der Waals surface area contributed by atoms with Crippen LogP contribution in [0.5, 0.6) is 0 Å². The SMILES string of the molecule is CC(=O)CC(C)=NCC1(CC(=O)O)CCCCC1. The van der Waals surface area contributed by atoms with E-state index in [1.807, 2.05) is 6.92 Å². The normalized spacial score (nSPS) is 19.6. The van der Waals surface area contributed by atoms with Gasteiger partial charge in [-0.1, -0.05) is 19.3 Å². The van der Waals surface area contributed by atoms with Crippen LogP contribution in [0.4, 0.5) is 0 Å². The standard InChI is InChI=1S/C14H23NO3/c1-11(8-12(2)16)15-10-14(9-13(17)18)6-4-3-5-7-14/h3-10H2,1-2H3,(H,17,18). The molecule has 1 rings (SSSR count). The predicted molar refractivity (Wildman–Crippen MR) is 71.0 cm³/mol. The van der Waals surface area contributed by atoms with Crippen LogP contribution in [0, 0.1) is 5.41 Å². The summed E-state index contributed by atoms with van der Waals surface area (Å²) in [6.45, 7) is 3.95. The number of carbonyl (C=O) groups excluding carboxylic acids is 1. The second-order valence-corrected chi connectivity index (χ2v) is 5.56. The number of hydrogen-bond acceptors (Lipinski definition) is 3.